The lowest BCUT2D eigenvalue weighted by Gasteiger charge is -2.29. The van der Waals surface area contributed by atoms with E-state index >= 15 is 0 Å². The Labute approximate surface area is 215 Å². The minimum Gasteiger partial charge on any atom is -0.444 e. The van der Waals surface area contributed by atoms with Crippen molar-refractivity contribution in [1.29, 1.82) is 0 Å². The molecule has 2 aliphatic heterocycles. The van der Waals surface area contributed by atoms with E-state index in [0.717, 1.165) is 46.0 Å². The number of aryl methyl sites for hydroxylation is 1. The van der Waals surface area contributed by atoms with Crippen LogP contribution in [-0.4, -0.2) is 49.6 Å². The second kappa shape index (κ2) is 8.73. The van der Waals surface area contributed by atoms with Gasteiger partial charge < -0.3 is 18.7 Å². The van der Waals surface area contributed by atoms with Crippen LogP contribution in [0.15, 0.2) is 59.1 Å². The lowest BCUT2D eigenvalue weighted by Crippen LogP contribution is -2.39. The lowest BCUT2D eigenvalue weighted by molar-refractivity contribution is 0.0270. The highest BCUT2D eigenvalue weighted by molar-refractivity contribution is 5.82. The maximum atomic E-state index is 12.4. The van der Waals surface area contributed by atoms with Crippen molar-refractivity contribution in [2.45, 2.75) is 46.3 Å². The van der Waals surface area contributed by atoms with Gasteiger partial charge in [-0.15, -0.1) is 10.2 Å². The van der Waals surface area contributed by atoms with Crippen LogP contribution >= 0.6 is 0 Å². The van der Waals surface area contributed by atoms with Gasteiger partial charge in [0.25, 0.3) is 0 Å². The summed E-state index contributed by atoms with van der Waals surface area (Å²) in [6.45, 7) is 9.43. The maximum absolute atomic E-state index is 12.4. The van der Waals surface area contributed by atoms with Gasteiger partial charge in [0.1, 0.15) is 17.1 Å². The topological polar surface area (TPSA) is 86.3 Å². The molecule has 1 amide bonds. The Kier molecular flexibility index (Phi) is 5.47. The van der Waals surface area contributed by atoms with E-state index in [1.54, 1.807) is 4.90 Å². The molecule has 0 fully saturated rings. The first kappa shape index (κ1) is 23.2. The standard InChI is InChI=1S/C29H29N5O3/c1-18-24(25(32-37-18)20-8-6-5-7-9-20)27-31-30-26-23-16-21(10-11-22(23)17-34(26)27)19-12-14-33(15-13-19)28(35)36-29(2,3)4/h5-12,16H,13-15,17H2,1-4H3. The van der Waals surface area contributed by atoms with E-state index in [0.29, 0.717) is 25.4 Å². The molecule has 0 atom stereocenters. The second-order valence-corrected chi connectivity index (χ2v) is 10.5. The molecule has 0 N–H and O–H groups in total. The van der Waals surface area contributed by atoms with Crippen molar-refractivity contribution in [3.8, 4) is 34.0 Å². The molecule has 2 aromatic carbocycles. The number of aromatic nitrogens is 4. The van der Waals surface area contributed by atoms with Crippen LogP contribution in [0.2, 0.25) is 0 Å². The van der Waals surface area contributed by atoms with Crippen LogP contribution in [0.3, 0.4) is 0 Å². The van der Waals surface area contributed by atoms with Crippen molar-refractivity contribution >= 4 is 11.7 Å². The summed E-state index contributed by atoms with van der Waals surface area (Å²) in [6.07, 6.45) is 2.62. The Morgan fingerprint density at radius 2 is 1.81 bits per heavy atom. The molecule has 4 aromatic rings. The summed E-state index contributed by atoms with van der Waals surface area (Å²) >= 11 is 0. The van der Waals surface area contributed by atoms with E-state index in [9.17, 15) is 4.79 Å². The molecule has 2 aromatic heterocycles. The van der Waals surface area contributed by atoms with Gasteiger partial charge in [-0.2, -0.15) is 0 Å². The molecule has 0 saturated carbocycles. The number of fused-ring (bicyclic) bond motifs is 3. The fraction of sp³-hybridized carbons (Fsp3) is 0.310. The van der Waals surface area contributed by atoms with Crippen LogP contribution in [0.25, 0.3) is 39.6 Å². The van der Waals surface area contributed by atoms with E-state index in [2.05, 4.69) is 44.2 Å². The predicted octanol–water partition coefficient (Wildman–Crippen LogP) is 5.96. The van der Waals surface area contributed by atoms with E-state index < -0.39 is 5.60 Å². The summed E-state index contributed by atoms with van der Waals surface area (Å²) in [5, 5.41) is 13.5. The Hall–Kier alpha value is -4.20. The van der Waals surface area contributed by atoms with Crippen LogP contribution < -0.4 is 0 Å². The molecule has 8 nitrogen and oxygen atoms in total. The zero-order valence-electron chi connectivity index (χ0n) is 21.5. The highest BCUT2D eigenvalue weighted by Crippen LogP contribution is 2.40. The average Bonchev–Trinajstić information content (AvgIpc) is 3.56. The number of nitrogens with zero attached hydrogens (tertiary/aromatic N) is 5. The van der Waals surface area contributed by atoms with Gasteiger partial charge in [0, 0.05) is 24.2 Å². The number of rotatable bonds is 3. The smallest absolute Gasteiger partial charge is 0.410 e. The molecule has 188 valence electrons. The summed E-state index contributed by atoms with van der Waals surface area (Å²) in [6, 6.07) is 16.5. The third-order valence-corrected chi connectivity index (χ3v) is 6.80. The van der Waals surface area contributed by atoms with Gasteiger partial charge in [-0.25, -0.2) is 4.79 Å². The normalized spacial score (nSPS) is 14.8. The predicted molar refractivity (Wildman–Crippen MR) is 141 cm³/mol. The maximum Gasteiger partial charge on any atom is 0.410 e. The largest absolute Gasteiger partial charge is 0.444 e. The van der Waals surface area contributed by atoms with Crippen molar-refractivity contribution < 1.29 is 14.1 Å². The molecular formula is C29H29N5O3. The SMILES string of the molecule is Cc1onc(-c2ccccc2)c1-c1nnc2n1Cc1ccc(C3=CCN(C(=O)OC(C)(C)C)CC3)cc1-2. The number of hydrogen-bond donors (Lipinski definition) is 0. The second-order valence-electron chi connectivity index (χ2n) is 10.5. The first-order chi connectivity index (χ1) is 17.8. The molecule has 0 radical (unpaired) electrons. The molecular weight excluding hydrogens is 466 g/mol. The Bertz CT molecular complexity index is 1520. The van der Waals surface area contributed by atoms with Gasteiger partial charge in [-0.3, -0.25) is 0 Å². The van der Waals surface area contributed by atoms with Crippen molar-refractivity contribution in [2.75, 3.05) is 13.1 Å². The van der Waals surface area contributed by atoms with E-state index in [1.807, 2.05) is 58.0 Å². The molecule has 6 rings (SSSR count). The number of hydrogen-bond acceptors (Lipinski definition) is 6. The van der Waals surface area contributed by atoms with Crippen LogP contribution in [0.5, 0.6) is 0 Å². The van der Waals surface area contributed by atoms with Crippen LogP contribution in [-0.2, 0) is 11.3 Å². The molecule has 8 heteroatoms. The molecule has 37 heavy (non-hydrogen) atoms. The van der Waals surface area contributed by atoms with E-state index in [1.165, 1.54) is 11.1 Å². The highest BCUT2D eigenvalue weighted by Gasteiger charge is 2.30. The first-order valence-corrected chi connectivity index (χ1v) is 12.5. The minimum atomic E-state index is -0.497. The number of carbonyl (C=O) groups excluding carboxylic acids is 1. The van der Waals surface area contributed by atoms with Gasteiger partial charge in [0.15, 0.2) is 11.6 Å². The molecule has 4 heterocycles. The van der Waals surface area contributed by atoms with Gasteiger partial charge in [-0.05, 0) is 56.9 Å². The van der Waals surface area contributed by atoms with E-state index in [-0.39, 0.29) is 6.09 Å². The van der Waals surface area contributed by atoms with Crippen molar-refractivity contribution in [1.82, 2.24) is 24.8 Å². The molecule has 0 spiro atoms. The van der Waals surface area contributed by atoms with Gasteiger partial charge in [-0.1, -0.05) is 53.7 Å². The number of benzene rings is 2. The Balaban J connectivity index is 1.29. The molecule has 0 unspecified atom stereocenters. The number of amides is 1. The van der Waals surface area contributed by atoms with Crippen LogP contribution in [0, 0.1) is 6.92 Å². The summed E-state index contributed by atoms with van der Waals surface area (Å²) in [4.78, 5) is 14.2. The third kappa shape index (κ3) is 4.22. The van der Waals surface area contributed by atoms with Crippen molar-refractivity contribution in [3.63, 3.8) is 0 Å². The summed E-state index contributed by atoms with van der Waals surface area (Å²) in [5.41, 5.74) is 6.78. The Morgan fingerprint density at radius 1 is 1.03 bits per heavy atom. The van der Waals surface area contributed by atoms with Gasteiger partial charge >= 0.3 is 6.09 Å². The van der Waals surface area contributed by atoms with Gasteiger partial charge in [0.2, 0.25) is 0 Å². The minimum absolute atomic E-state index is 0.267. The molecule has 0 aliphatic carbocycles. The summed E-state index contributed by atoms with van der Waals surface area (Å²) in [7, 11) is 0. The Morgan fingerprint density at radius 3 is 2.54 bits per heavy atom. The first-order valence-electron chi connectivity index (χ1n) is 12.5. The molecule has 0 saturated heterocycles. The zero-order valence-corrected chi connectivity index (χ0v) is 21.5. The molecule has 0 bridgehead atoms. The molecule has 2 aliphatic rings. The monoisotopic (exact) mass is 495 g/mol. The zero-order chi connectivity index (χ0) is 25.7. The highest BCUT2D eigenvalue weighted by atomic mass is 16.6. The third-order valence-electron chi connectivity index (χ3n) is 6.80. The van der Waals surface area contributed by atoms with Crippen molar-refractivity contribution in [3.05, 3.63) is 71.5 Å². The fourth-order valence-electron chi connectivity index (χ4n) is 4.98. The lowest BCUT2D eigenvalue weighted by atomic mass is 9.96. The van der Waals surface area contributed by atoms with Crippen LogP contribution in [0.4, 0.5) is 4.79 Å². The quantitative estimate of drug-likeness (QED) is 0.307. The van der Waals surface area contributed by atoms with E-state index in [4.69, 9.17) is 9.26 Å². The van der Waals surface area contributed by atoms with Crippen LogP contribution in [0.1, 0.15) is 44.1 Å². The number of ether oxygens (including phenoxy) is 1. The van der Waals surface area contributed by atoms with Crippen molar-refractivity contribution in [2.24, 2.45) is 0 Å². The fourth-order valence-corrected chi connectivity index (χ4v) is 4.98. The summed E-state index contributed by atoms with van der Waals surface area (Å²) < 4.78 is 13.2. The summed E-state index contributed by atoms with van der Waals surface area (Å²) in [5.74, 6) is 2.32. The average molecular weight is 496 g/mol. The number of carbonyl (C=O) groups is 1. The van der Waals surface area contributed by atoms with Gasteiger partial charge in [0.05, 0.1) is 12.1 Å².